The lowest BCUT2D eigenvalue weighted by molar-refractivity contribution is 0.0603. The number of hydrogen-bond donors (Lipinski definition) is 1. The molecule has 0 bridgehead atoms. The van der Waals surface area contributed by atoms with Crippen LogP contribution >= 0.6 is 22.7 Å². The van der Waals surface area contributed by atoms with Crippen LogP contribution in [0.5, 0.6) is 0 Å². The van der Waals surface area contributed by atoms with E-state index < -0.39 is 0 Å². The fraction of sp³-hybridized carbons (Fsp3) is 0.0667. The monoisotopic (exact) mass is 314 g/mol. The van der Waals surface area contributed by atoms with E-state index in [2.05, 4.69) is 27.5 Å². The molecule has 0 amide bonds. The molecule has 4 nitrogen and oxygen atoms in total. The number of nitrogens with one attached hydrogen (secondary N) is 1. The molecule has 0 aliphatic heterocycles. The summed E-state index contributed by atoms with van der Waals surface area (Å²) in [6.07, 6.45) is 0. The van der Waals surface area contributed by atoms with Gasteiger partial charge in [0.15, 0.2) is 0 Å². The first-order valence-electron chi connectivity index (χ1n) is 6.31. The Morgan fingerprint density at radius 1 is 1.29 bits per heavy atom. The molecule has 21 heavy (non-hydrogen) atoms. The van der Waals surface area contributed by atoms with Crippen molar-refractivity contribution in [3.05, 3.63) is 41.3 Å². The number of thiophene rings is 2. The highest BCUT2D eigenvalue weighted by molar-refractivity contribution is 7.28. The van der Waals surface area contributed by atoms with Crippen LogP contribution in [0.3, 0.4) is 0 Å². The maximum atomic E-state index is 11.8. The van der Waals surface area contributed by atoms with Crippen LogP contribution in [0.15, 0.2) is 35.7 Å². The minimum atomic E-state index is -0.370. The number of H-pyrrole nitrogens is 1. The summed E-state index contributed by atoms with van der Waals surface area (Å²) in [7, 11) is 1.38. The van der Waals surface area contributed by atoms with Crippen LogP contribution < -0.4 is 0 Å². The summed E-state index contributed by atoms with van der Waals surface area (Å²) >= 11 is 3.41. The predicted molar refractivity (Wildman–Crippen MR) is 86.1 cm³/mol. The van der Waals surface area contributed by atoms with Crippen molar-refractivity contribution in [3.8, 4) is 10.7 Å². The Balaban J connectivity index is 1.90. The second-order valence-corrected chi connectivity index (χ2v) is 6.57. The van der Waals surface area contributed by atoms with Gasteiger partial charge in [-0.3, -0.25) is 0 Å². The number of imidazole rings is 1. The van der Waals surface area contributed by atoms with E-state index in [9.17, 15) is 4.79 Å². The third kappa shape index (κ3) is 1.95. The molecule has 3 aromatic heterocycles. The van der Waals surface area contributed by atoms with Crippen molar-refractivity contribution in [2.75, 3.05) is 7.11 Å². The number of carbonyl (C=O) groups excluding carboxylic acids is 1. The first-order chi connectivity index (χ1) is 10.3. The second-order valence-electron chi connectivity index (χ2n) is 4.54. The van der Waals surface area contributed by atoms with Crippen LogP contribution in [-0.2, 0) is 4.74 Å². The summed E-state index contributed by atoms with van der Waals surface area (Å²) in [6.45, 7) is 0. The van der Waals surface area contributed by atoms with Gasteiger partial charge in [-0.25, -0.2) is 9.78 Å². The van der Waals surface area contributed by atoms with Gasteiger partial charge in [-0.05, 0) is 29.6 Å². The number of rotatable bonds is 2. The molecule has 4 rings (SSSR count). The highest BCUT2D eigenvalue weighted by atomic mass is 32.1. The molecule has 0 unspecified atom stereocenters. The summed E-state index contributed by atoms with van der Waals surface area (Å²) in [4.78, 5) is 20.7. The van der Waals surface area contributed by atoms with Gasteiger partial charge >= 0.3 is 5.97 Å². The van der Waals surface area contributed by atoms with Crippen LogP contribution in [0, 0.1) is 0 Å². The van der Waals surface area contributed by atoms with Gasteiger partial charge in [0.05, 0.1) is 23.1 Å². The zero-order chi connectivity index (χ0) is 14.4. The molecular formula is C15H10N2O2S2. The molecule has 1 N–H and O–H groups in total. The number of aromatic amines is 1. The number of hydrogen-bond acceptors (Lipinski definition) is 5. The average molecular weight is 314 g/mol. The Morgan fingerprint density at radius 3 is 3.00 bits per heavy atom. The fourth-order valence-electron chi connectivity index (χ4n) is 2.31. The molecule has 0 atom stereocenters. The van der Waals surface area contributed by atoms with Crippen LogP contribution in [0.25, 0.3) is 31.1 Å². The first-order valence-corrected chi connectivity index (χ1v) is 8.00. The van der Waals surface area contributed by atoms with Gasteiger partial charge < -0.3 is 9.72 Å². The van der Waals surface area contributed by atoms with Crippen molar-refractivity contribution in [3.63, 3.8) is 0 Å². The van der Waals surface area contributed by atoms with Crippen molar-refractivity contribution in [2.24, 2.45) is 0 Å². The molecule has 1 aromatic carbocycles. The molecule has 104 valence electrons. The first kappa shape index (κ1) is 12.6. The van der Waals surface area contributed by atoms with E-state index in [-0.39, 0.29) is 5.97 Å². The lowest BCUT2D eigenvalue weighted by Crippen LogP contribution is -2.01. The minimum Gasteiger partial charge on any atom is -0.465 e. The van der Waals surface area contributed by atoms with Gasteiger partial charge in [0.2, 0.25) is 0 Å². The van der Waals surface area contributed by atoms with E-state index in [1.807, 2.05) is 12.1 Å². The van der Waals surface area contributed by atoms with E-state index in [1.54, 1.807) is 28.7 Å². The van der Waals surface area contributed by atoms with Gasteiger partial charge in [0, 0.05) is 9.40 Å². The molecule has 0 aliphatic rings. The number of esters is 1. The van der Waals surface area contributed by atoms with Crippen molar-refractivity contribution in [2.45, 2.75) is 0 Å². The van der Waals surface area contributed by atoms with E-state index in [1.165, 1.54) is 16.5 Å². The van der Waals surface area contributed by atoms with Gasteiger partial charge in [0.25, 0.3) is 0 Å². The smallest absolute Gasteiger partial charge is 0.340 e. The molecule has 0 fully saturated rings. The molecule has 0 aliphatic carbocycles. The SMILES string of the molecule is COC(=O)c1cccc2[nH]c(-c3cc4sccc4s3)nc12. The number of fused-ring (bicyclic) bond motifs is 2. The second kappa shape index (κ2) is 4.68. The number of methoxy groups -OCH3 is 1. The minimum absolute atomic E-state index is 0.370. The maximum Gasteiger partial charge on any atom is 0.340 e. The molecule has 4 aromatic rings. The lowest BCUT2D eigenvalue weighted by atomic mass is 10.2. The van der Waals surface area contributed by atoms with Crippen molar-refractivity contribution in [1.82, 2.24) is 9.97 Å². The number of benzene rings is 1. The van der Waals surface area contributed by atoms with Crippen molar-refractivity contribution < 1.29 is 9.53 Å². The summed E-state index contributed by atoms with van der Waals surface area (Å²) in [5.74, 6) is 0.417. The molecule has 0 radical (unpaired) electrons. The summed E-state index contributed by atoms with van der Waals surface area (Å²) < 4.78 is 7.31. The molecule has 0 saturated carbocycles. The van der Waals surface area contributed by atoms with E-state index in [0.29, 0.717) is 11.1 Å². The molecule has 0 spiro atoms. The number of nitrogens with zero attached hydrogens (tertiary/aromatic N) is 1. The largest absolute Gasteiger partial charge is 0.465 e. The Morgan fingerprint density at radius 2 is 2.19 bits per heavy atom. The quantitative estimate of drug-likeness (QED) is 0.561. The zero-order valence-corrected chi connectivity index (χ0v) is 12.7. The van der Waals surface area contributed by atoms with Crippen LogP contribution in [0.1, 0.15) is 10.4 Å². The normalized spacial score (nSPS) is 11.3. The molecular weight excluding hydrogens is 304 g/mol. The van der Waals surface area contributed by atoms with Crippen molar-refractivity contribution >= 4 is 49.1 Å². The standard InChI is InChI=1S/C15H10N2O2S2/c1-19-15(18)8-3-2-4-9-13(8)17-14(16-9)12-7-11-10(21-12)5-6-20-11/h2-7H,1H3,(H,16,17). The third-order valence-electron chi connectivity index (χ3n) is 3.29. The van der Waals surface area contributed by atoms with Crippen molar-refractivity contribution in [1.29, 1.82) is 0 Å². The Labute approximate surface area is 128 Å². The zero-order valence-electron chi connectivity index (χ0n) is 11.0. The summed E-state index contributed by atoms with van der Waals surface area (Å²) in [5.41, 5.74) is 1.97. The van der Waals surface area contributed by atoms with Gasteiger partial charge in [-0.15, -0.1) is 22.7 Å². The average Bonchev–Trinajstić information content (AvgIpc) is 3.17. The molecule has 3 heterocycles. The third-order valence-corrected chi connectivity index (χ3v) is 5.39. The highest BCUT2D eigenvalue weighted by Crippen LogP contribution is 2.36. The number of aromatic nitrogens is 2. The van der Waals surface area contributed by atoms with Gasteiger partial charge in [-0.2, -0.15) is 0 Å². The Kier molecular flexibility index (Phi) is 2.80. The molecule has 6 heteroatoms. The van der Waals surface area contributed by atoms with Crippen LogP contribution in [0.2, 0.25) is 0 Å². The Bertz CT molecular complexity index is 936. The number of carbonyl (C=O) groups is 1. The molecule has 0 saturated heterocycles. The topological polar surface area (TPSA) is 55.0 Å². The Hall–Kier alpha value is -2.18. The van der Waals surface area contributed by atoms with E-state index in [4.69, 9.17) is 4.74 Å². The van der Waals surface area contributed by atoms with Crippen LogP contribution in [-0.4, -0.2) is 23.0 Å². The lowest BCUT2D eigenvalue weighted by Gasteiger charge is -1.98. The number of ether oxygens (including phenoxy) is 1. The van der Waals surface area contributed by atoms with Crippen LogP contribution in [0.4, 0.5) is 0 Å². The van der Waals surface area contributed by atoms with Gasteiger partial charge in [0.1, 0.15) is 11.3 Å². The van der Waals surface area contributed by atoms with E-state index in [0.717, 1.165) is 16.2 Å². The highest BCUT2D eigenvalue weighted by Gasteiger charge is 2.15. The maximum absolute atomic E-state index is 11.8. The fourth-order valence-corrected chi connectivity index (χ4v) is 4.36. The summed E-state index contributed by atoms with van der Waals surface area (Å²) in [6, 6.07) is 9.69. The summed E-state index contributed by atoms with van der Waals surface area (Å²) in [5, 5.41) is 2.08. The number of para-hydroxylation sites is 1. The van der Waals surface area contributed by atoms with E-state index >= 15 is 0 Å². The van der Waals surface area contributed by atoms with Gasteiger partial charge in [-0.1, -0.05) is 6.07 Å². The predicted octanol–water partition coefficient (Wildman–Crippen LogP) is 4.29.